The van der Waals surface area contributed by atoms with Crippen molar-refractivity contribution in [1.29, 1.82) is 0 Å². The molecule has 2 heterocycles. The minimum atomic E-state index is -4.30. The molecule has 11 nitrogen and oxygen atoms in total. The zero-order chi connectivity index (χ0) is 41.1. The summed E-state index contributed by atoms with van der Waals surface area (Å²) in [5.74, 6) is 0. The number of fused-ring (bicyclic) bond motifs is 2. The van der Waals surface area contributed by atoms with Crippen molar-refractivity contribution in [2.24, 2.45) is 0 Å². The molecule has 0 spiro atoms. The fourth-order valence-electron chi connectivity index (χ4n) is 13.3. The molecule has 0 aromatic heterocycles. The zero-order valence-corrected chi connectivity index (χ0v) is 44.4. The Kier molecular flexibility index (Phi) is 15.8. The first-order valence-electron chi connectivity index (χ1n) is 25.9. The molecule has 2 bridgehead atoms. The lowest BCUT2D eigenvalue weighted by Crippen LogP contribution is -2.80. The van der Waals surface area contributed by atoms with Crippen LogP contribution in [-0.4, -0.2) is 77.0 Å². The Hall–Kier alpha value is 1.08. The van der Waals surface area contributed by atoms with Crippen LogP contribution >= 0.6 is 0 Å². The largest absolute Gasteiger partial charge is 0.486 e. The molecule has 6 unspecified atom stereocenters. The lowest BCUT2D eigenvalue weighted by molar-refractivity contribution is 0.0215. The van der Waals surface area contributed by atoms with Gasteiger partial charge in [0.1, 0.15) is 0 Å². The molecule has 9 aliphatic rings. The van der Waals surface area contributed by atoms with Crippen molar-refractivity contribution in [1.82, 2.24) is 0 Å². The first kappa shape index (κ1) is 46.2. The van der Waals surface area contributed by atoms with Crippen LogP contribution in [0.15, 0.2) is 0 Å². The van der Waals surface area contributed by atoms with Gasteiger partial charge in [-0.2, -0.15) is 0 Å². The molecule has 60 heavy (non-hydrogen) atoms. The van der Waals surface area contributed by atoms with Crippen LogP contribution in [0.25, 0.3) is 0 Å². The maximum Gasteiger partial charge on any atom is 0.486 e. The van der Waals surface area contributed by atoms with Crippen LogP contribution in [0.1, 0.15) is 225 Å². The second-order valence-corrected chi connectivity index (χ2v) is 41.7. The molecule has 0 aromatic carbocycles. The van der Waals surface area contributed by atoms with Gasteiger partial charge in [-0.25, -0.2) is 0 Å². The molecule has 7 saturated carbocycles. The van der Waals surface area contributed by atoms with E-state index in [0.717, 1.165) is 205 Å². The maximum absolute atomic E-state index is 13.9. The van der Waals surface area contributed by atoms with Crippen molar-refractivity contribution >= 4 is 62.6 Å². The predicted molar refractivity (Wildman–Crippen MR) is 246 cm³/mol. The lowest BCUT2D eigenvalue weighted by atomic mass is 10.0. The van der Waals surface area contributed by atoms with E-state index in [-0.39, 0.29) is 38.8 Å². The zero-order valence-electron chi connectivity index (χ0n) is 37.1. The Morgan fingerprint density at radius 3 is 1.30 bits per heavy atom. The summed E-state index contributed by atoms with van der Waals surface area (Å²) in [6.07, 6.45) is 35.9. The highest BCUT2D eigenvalue weighted by Gasteiger charge is 2.77. The van der Waals surface area contributed by atoms with Crippen molar-refractivity contribution in [3.63, 3.8) is 0 Å². The average Bonchev–Trinajstić information content (AvgIpc) is 3.29. The van der Waals surface area contributed by atoms with E-state index >= 15 is 0 Å². The first-order chi connectivity index (χ1) is 29.2. The van der Waals surface area contributed by atoms with E-state index in [0.29, 0.717) is 0 Å². The molecule has 7 atom stereocenters. The first-order valence-corrected chi connectivity index (χ1v) is 38.2. The Balaban J connectivity index is 1.25. The van der Waals surface area contributed by atoms with Crippen molar-refractivity contribution in [2.45, 2.75) is 264 Å². The molecule has 9 fully saturated rings. The molecule has 0 aromatic rings. The minimum Gasteiger partial charge on any atom is -0.413 e. The molecule has 0 radical (unpaired) electrons. The van der Waals surface area contributed by atoms with Crippen molar-refractivity contribution in [3.8, 4) is 0 Å². The molecular formula is C42H82O11Si7. The fourth-order valence-corrected chi connectivity index (χ4v) is 51.3. The Bertz CT molecular complexity index is 1350. The molecule has 7 aliphatic carbocycles. The summed E-state index contributed by atoms with van der Waals surface area (Å²) in [4.78, 5) is 40.1. The van der Waals surface area contributed by atoms with E-state index in [4.69, 9.17) is 32.9 Å². The van der Waals surface area contributed by atoms with Gasteiger partial charge in [0.2, 0.25) is 0 Å². The topological polar surface area (TPSA) is 135 Å². The molecule has 18 heteroatoms. The quantitative estimate of drug-likeness (QED) is 0.191. The van der Waals surface area contributed by atoms with Gasteiger partial charge < -0.3 is 47.3 Å². The van der Waals surface area contributed by atoms with Gasteiger partial charge in [0.05, 0.1) is 0 Å². The van der Waals surface area contributed by atoms with Gasteiger partial charge in [0.25, 0.3) is 0 Å². The van der Waals surface area contributed by atoms with E-state index < -0.39 is 62.6 Å². The van der Waals surface area contributed by atoms with Gasteiger partial charge in [0, 0.05) is 27.7 Å². The number of hydrogen-bond donors (Lipinski definition) is 3. The normalized spacial score (nSPS) is 42.1. The van der Waals surface area contributed by atoms with Crippen LogP contribution in [0.3, 0.4) is 0 Å². The van der Waals surface area contributed by atoms with Crippen molar-refractivity contribution < 1.29 is 47.3 Å². The highest BCUT2D eigenvalue weighted by atomic mass is 28.6. The fraction of sp³-hybridized carbons (Fsp3) is 1.00. The second-order valence-electron chi connectivity index (χ2n) is 21.2. The van der Waals surface area contributed by atoms with Gasteiger partial charge in [-0.3, -0.25) is 0 Å². The van der Waals surface area contributed by atoms with Gasteiger partial charge in [-0.1, -0.05) is 135 Å². The van der Waals surface area contributed by atoms with Crippen LogP contribution in [0, 0.1) is 0 Å². The van der Waals surface area contributed by atoms with Gasteiger partial charge in [0.15, 0.2) is 0 Å². The molecule has 9 rings (SSSR count). The lowest BCUT2D eigenvalue weighted by Gasteiger charge is -2.59. The van der Waals surface area contributed by atoms with Crippen LogP contribution in [0.2, 0.25) is 38.8 Å². The summed E-state index contributed by atoms with van der Waals surface area (Å²) < 4.78 is 63.1. The van der Waals surface area contributed by atoms with Crippen molar-refractivity contribution in [2.75, 3.05) is 0 Å². The third-order valence-electron chi connectivity index (χ3n) is 16.9. The highest BCUT2D eigenvalue weighted by molar-refractivity contribution is 6.95. The van der Waals surface area contributed by atoms with Crippen LogP contribution in [0.5, 0.6) is 0 Å². The average molecular weight is 960 g/mol. The Morgan fingerprint density at radius 2 is 0.783 bits per heavy atom. The summed E-state index contributed by atoms with van der Waals surface area (Å²) in [5, 5.41) is 0. The van der Waals surface area contributed by atoms with Gasteiger partial charge >= 0.3 is 62.6 Å². The van der Waals surface area contributed by atoms with E-state index in [2.05, 4.69) is 0 Å². The summed E-state index contributed by atoms with van der Waals surface area (Å²) in [6, 6.07) is 0. The molecular weight excluding hydrogens is 877 g/mol. The number of hydrogen-bond acceptors (Lipinski definition) is 11. The SMILES string of the molecule is O[SiH](O[Si]1(C2CCCCC2)O[Si](O)(C2CCCCC2)O[Si]2(C3CCCCC3)O[Si](C3CCCCC3)(O[SiH](C3CCCCC3)O[Si@@](O)(C3CCCCC3)O2)O1)C1CCCCC1. The Labute approximate surface area is 371 Å². The van der Waals surface area contributed by atoms with E-state index in [9.17, 15) is 14.4 Å². The summed E-state index contributed by atoms with van der Waals surface area (Å²) >= 11 is 0. The highest BCUT2D eigenvalue weighted by Crippen LogP contribution is 2.57. The second kappa shape index (κ2) is 20.5. The van der Waals surface area contributed by atoms with E-state index in [1.54, 1.807) is 0 Å². The third-order valence-corrected chi connectivity index (χ3v) is 46.1. The molecule has 0 amide bonds. The van der Waals surface area contributed by atoms with Crippen LogP contribution < -0.4 is 0 Å². The number of rotatable bonds is 9. The monoisotopic (exact) mass is 958 g/mol. The van der Waals surface area contributed by atoms with E-state index in [1.807, 2.05) is 0 Å². The summed E-state index contributed by atoms with van der Waals surface area (Å²) in [6.45, 7) is 0. The molecule has 3 N–H and O–H groups in total. The third kappa shape index (κ3) is 10.2. The summed E-state index contributed by atoms with van der Waals surface area (Å²) in [5.41, 5.74) is -0.114. The minimum absolute atomic E-state index is 0.00246. The molecule has 344 valence electrons. The van der Waals surface area contributed by atoms with Crippen molar-refractivity contribution in [3.05, 3.63) is 0 Å². The Morgan fingerprint density at radius 1 is 0.383 bits per heavy atom. The standard InChI is InChI=1S/C42H82O11Si7/c43-54(36-22-8-1-9-23-36)46-58(40-30-16-5-17-31-40)50-57(45,39-28-14-4-15-29-39)51-60(42-34-20-7-21-35-42)49-56(44,38-26-12-3-13-27-38)47-55(37-24-10-2-11-25-37)48-59(52-58,53-60)41-32-18-6-19-33-41/h36-45,54-55H,1-35H2/t54?,55?,56-,57?,58?,59?,60?/m0/s1. The van der Waals surface area contributed by atoms with Crippen LogP contribution in [0.4, 0.5) is 0 Å². The molecule has 2 aliphatic heterocycles. The summed E-state index contributed by atoms with van der Waals surface area (Å²) in [7, 11) is -26.1. The van der Waals surface area contributed by atoms with E-state index in [1.165, 1.54) is 19.3 Å². The predicted octanol–water partition coefficient (Wildman–Crippen LogP) is 10.6. The van der Waals surface area contributed by atoms with Crippen LogP contribution in [-0.2, 0) is 32.9 Å². The van der Waals surface area contributed by atoms with Gasteiger partial charge in [-0.15, -0.1) is 0 Å². The smallest absolute Gasteiger partial charge is 0.413 e. The maximum atomic E-state index is 13.9. The van der Waals surface area contributed by atoms with Gasteiger partial charge in [-0.05, 0) is 101 Å². The molecule has 2 saturated heterocycles.